The lowest BCUT2D eigenvalue weighted by atomic mass is 10.2. The van der Waals surface area contributed by atoms with Crippen molar-refractivity contribution < 1.29 is 19.7 Å². The van der Waals surface area contributed by atoms with Crippen LogP contribution in [0.15, 0.2) is 46.9 Å². The molecule has 0 bridgehead atoms. The second kappa shape index (κ2) is 5.75. The number of aromatic hydroxyl groups is 1. The Hall–Kier alpha value is -2.01. The van der Waals surface area contributed by atoms with Crippen LogP contribution in [0.4, 0.5) is 0 Å². The fourth-order valence-electron chi connectivity index (χ4n) is 1.52. The van der Waals surface area contributed by atoms with Gasteiger partial charge in [-0.25, -0.2) is 4.79 Å². The van der Waals surface area contributed by atoms with Crippen molar-refractivity contribution >= 4 is 21.9 Å². The molecule has 2 N–H and O–H groups in total. The van der Waals surface area contributed by atoms with Gasteiger partial charge in [-0.2, -0.15) is 0 Å². The highest BCUT2D eigenvalue weighted by atomic mass is 79.9. The van der Waals surface area contributed by atoms with Gasteiger partial charge < -0.3 is 14.9 Å². The third-order valence-corrected chi connectivity index (χ3v) is 3.05. The average Bonchev–Trinajstić information content (AvgIpc) is 2.39. The van der Waals surface area contributed by atoms with Gasteiger partial charge in [0.15, 0.2) is 0 Å². The zero-order chi connectivity index (χ0) is 13.8. The standard InChI is InChI=1S/C14H11BrO4/c15-10-3-1-9(2-4-10)8-19-11-5-6-13(16)12(7-11)14(17)18/h1-7,16H,8H2,(H,17,18). The molecule has 2 aromatic rings. The molecule has 0 aliphatic carbocycles. The van der Waals surface area contributed by atoms with Crippen molar-refractivity contribution in [3.05, 3.63) is 58.1 Å². The zero-order valence-electron chi connectivity index (χ0n) is 9.84. The summed E-state index contributed by atoms with van der Waals surface area (Å²) in [4.78, 5) is 10.9. The number of aromatic carboxylic acids is 1. The average molecular weight is 323 g/mol. The maximum Gasteiger partial charge on any atom is 0.339 e. The number of benzene rings is 2. The number of carboxylic acids is 1. The van der Waals surface area contributed by atoms with E-state index in [1.165, 1.54) is 18.2 Å². The highest BCUT2D eigenvalue weighted by Gasteiger charge is 2.10. The van der Waals surface area contributed by atoms with Crippen LogP contribution in [-0.4, -0.2) is 16.2 Å². The summed E-state index contributed by atoms with van der Waals surface area (Å²) in [6.45, 7) is 0.330. The van der Waals surface area contributed by atoms with Gasteiger partial charge >= 0.3 is 5.97 Å². The Morgan fingerprint density at radius 2 is 1.84 bits per heavy atom. The van der Waals surface area contributed by atoms with Crippen molar-refractivity contribution in [1.29, 1.82) is 0 Å². The van der Waals surface area contributed by atoms with E-state index in [1.54, 1.807) is 0 Å². The van der Waals surface area contributed by atoms with E-state index in [2.05, 4.69) is 15.9 Å². The molecule has 19 heavy (non-hydrogen) atoms. The van der Waals surface area contributed by atoms with Crippen LogP contribution < -0.4 is 4.74 Å². The van der Waals surface area contributed by atoms with Gasteiger partial charge in [0.05, 0.1) is 0 Å². The summed E-state index contributed by atoms with van der Waals surface area (Å²) in [5.41, 5.74) is 0.793. The van der Waals surface area contributed by atoms with Gasteiger partial charge in [-0.3, -0.25) is 0 Å². The molecular formula is C14H11BrO4. The summed E-state index contributed by atoms with van der Waals surface area (Å²) in [6, 6.07) is 11.7. The molecule has 0 saturated heterocycles. The van der Waals surface area contributed by atoms with Gasteiger partial charge in [-0.05, 0) is 35.9 Å². The van der Waals surface area contributed by atoms with Crippen molar-refractivity contribution in [1.82, 2.24) is 0 Å². The minimum Gasteiger partial charge on any atom is -0.507 e. The third-order valence-electron chi connectivity index (χ3n) is 2.52. The largest absolute Gasteiger partial charge is 0.507 e. The molecule has 0 atom stereocenters. The fourth-order valence-corrected chi connectivity index (χ4v) is 1.79. The first kappa shape index (κ1) is 13.4. The van der Waals surface area contributed by atoms with Crippen LogP contribution in [0.3, 0.4) is 0 Å². The Morgan fingerprint density at radius 3 is 2.47 bits per heavy atom. The number of phenols is 1. The molecule has 4 nitrogen and oxygen atoms in total. The minimum absolute atomic E-state index is 0.173. The first-order valence-electron chi connectivity index (χ1n) is 5.50. The lowest BCUT2D eigenvalue weighted by Gasteiger charge is -2.08. The van der Waals surface area contributed by atoms with Crippen molar-refractivity contribution in [2.45, 2.75) is 6.61 Å². The van der Waals surface area contributed by atoms with E-state index in [9.17, 15) is 9.90 Å². The van der Waals surface area contributed by atoms with Gasteiger partial charge in [-0.15, -0.1) is 0 Å². The monoisotopic (exact) mass is 322 g/mol. The van der Waals surface area contributed by atoms with Crippen LogP contribution in [0.1, 0.15) is 15.9 Å². The van der Waals surface area contributed by atoms with Gasteiger partial charge in [-0.1, -0.05) is 28.1 Å². The van der Waals surface area contributed by atoms with E-state index in [4.69, 9.17) is 9.84 Å². The number of halogens is 1. The third kappa shape index (κ3) is 3.48. The Bertz CT molecular complexity index is 593. The molecule has 0 fully saturated rings. The summed E-state index contributed by atoms with van der Waals surface area (Å²) < 4.78 is 6.47. The van der Waals surface area contributed by atoms with E-state index in [0.717, 1.165) is 10.0 Å². The van der Waals surface area contributed by atoms with Gasteiger partial charge in [0.2, 0.25) is 0 Å². The number of carboxylic acid groups (broad SMARTS) is 1. The first-order valence-corrected chi connectivity index (χ1v) is 6.29. The Kier molecular flexibility index (Phi) is 4.06. The Balaban J connectivity index is 2.09. The predicted octanol–water partition coefficient (Wildman–Crippen LogP) is 3.43. The number of hydrogen-bond acceptors (Lipinski definition) is 3. The lowest BCUT2D eigenvalue weighted by molar-refractivity contribution is 0.0693. The quantitative estimate of drug-likeness (QED) is 0.905. The molecule has 0 saturated carbocycles. The van der Waals surface area contributed by atoms with Crippen molar-refractivity contribution in [2.75, 3.05) is 0 Å². The highest BCUT2D eigenvalue weighted by Crippen LogP contribution is 2.23. The molecule has 0 unspecified atom stereocenters. The van der Waals surface area contributed by atoms with Crippen molar-refractivity contribution in [3.63, 3.8) is 0 Å². The van der Waals surface area contributed by atoms with Crippen LogP contribution in [0.25, 0.3) is 0 Å². The van der Waals surface area contributed by atoms with E-state index >= 15 is 0 Å². The van der Waals surface area contributed by atoms with Gasteiger partial charge in [0.25, 0.3) is 0 Å². The van der Waals surface area contributed by atoms with E-state index in [0.29, 0.717) is 12.4 Å². The van der Waals surface area contributed by atoms with Crippen molar-refractivity contribution in [3.8, 4) is 11.5 Å². The molecule has 0 radical (unpaired) electrons. The molecule has 5 heteroatoms. The summed E-state index contributed by atoms with van der Waals surface area (Å²) in [7, 11) is 0. The Labute approximate surface area is 118 Å². The maximum atomic E-state index is 10.9. The maximum absolute atomic E-state index is 10.9. The second-order valence-electron chi connectivity index (χ2n) is 3.90. The molecule has 0 amide bonds. The second-order valence-corrected chi connectivity index (χ2v) is 4.81. The van der Waals surface area contributed by atoms with E-state index < -0.39 is 5.97 Å². The summed E-state index contributed by atoms with van der Waals surface area (Å²) in [6.07, 6.45) is 0. The molecule has 0 aliphatic heterocycles. The first-order chi connectivity index (χ1) is 9.06. The molecule has 2 aromatic carbocycles. The number of carbonyl (C=O) groups is 1. The lowest BCUT2D eigenvalue weighted by Crippen LogP contribution is -1.99. The topological polar surface area (TPSA) is 66.8 Å². The molecular weight excluding hydrogens is 312 g/mol. The molecule has 2 rings (SSSR count). The van der Waals surface area contributed by atoms with Crippen LogP contribution in [0, 0.1) is 0 Å². The van der Waals surface area contributed by atoms with E-state index in [-0.39, 0.29) is 11.3 Å². The number of rotatable bonds is 4. The molecule has 0 heterocycles. The Morgan fingerprint density at radius 1 is 1.16 bits per heavy atom. The summed E-state index contributed by atoms with van der Waals surface area (Å²) >= 11 is 3.34. The van der Waals surface area contributed by atoms with Crippen molar-refractivity contribution in [2.24, 2.45) is 0 Å². The SMILES string of the molecule is O=C(O)c1cc(OCc2ccc(Br)cc2)ccc1O. The van der Waals surface area contributed by atoms with Crippen LogP contribution >= 0.6 is 15.9 Å². The molecule has 0 aliphatic rings. The smallest absolute Gasteiger partial charge is 0.339 e. The molecule has 98 valence electrons. The summed E-state index contributed by atoms with van der Waals surface area (Å²) in [5.74, 6) is -1.06. The van der Waals surface area contributed by atoms with Crippen LogP contribution in [-0.2, 0) is 6.61 Å². The number of ether oxygens (including phenoxy) is 1. The minimum atomic E-state index is -1.19. The van der Waals surface area contributed by atoms with E-state index in [1.807, 2.05) is 24.3 Å². The van der Waals surface area contributed by atoms with Crippen LogP contribution in [0.5, 0.6) is 11.5 Å². The number of hydrogen-bond donors (Lipinski definition) is 2. The highest BCUT2D eigenvalue weighted by molar-refractivity contribution is 9.10. The molecule has 0 spiro atoms. The normalized spacial score (nSPS) is 10.2. The van der Waals surface area contributed by atoms with Gasteiger partial charge in [0.1, 0.15) is 23.7 Å². The molecule has 0 aromatic heterocycles. The summed E-state index contributed by atoms with van der Waals surface area (Å²) in [5, 5.41) is 18.3. The zero-order valence-corrected chi connectivity index (χ0v) is 11.4. The van der Waals surface area contributed by atoms with Crippen LogP contribution in [0.2, 0.25) is 0 Å². The predicted molar refractivity (Wildman–Crippen MR) is 73.5 cm³/mol. The van der Waals surface area contributed by atoms with Gasteiger partial charge in [0, 0.05) is 4.47 Å². The fraction of sp³-hybridized carbons (Fsp3) is 0.0714.